The zero-order valence-corrected chi connectivity index (χ0v) is 29.1. The van der Waals surface area contributed by atoms with E-state index >= 15 is 0 Å². The topological polar surface area (TPSA) is 80.4 Å². The third kappa shape index (κ3) is 7.77. The number of unbranched alkanes of at least 4 members (excludes halogenated alkanes) is 8. The quantitative estimate of drug-likeness (QED) is 0.103. The average molecular weight is 627 g/mol. The van der Waals surface area contributed by atoms with E-state index in [1.54, 1.807) is 0 Å². The molecule has 0 bridgehead atoms. The number of guanidine groups is 2. The summed E-state index contributed by atoms with van der Waals surface area (Å²) in [6, 6.07) is 4.22. The lowest BCUT2D eigenvalue weighted by atomic mass is 9.89. The molecule has 6 rings (SSSR count). The van der Waals surface area contributed by atoms with E-state index in [0.29, 0.717) is 24.2 Å². The highest BCUT2D eigenvalue weighted by Gasteiger charge is 2.53. The second-order valence-electron chi connectivity index (χ2n) is 15.9. The van der Waals surface area contributed by atoms with Crippen LogP contribution in [0.2, 0.25) is 0 Å². The van der Waals surface area contributed by atoms with Crippen molar-refractivity contribution in [3.63, 3.8) is 0 Å². The number of hydrogen-bond acceptors (Lipinski definition) is 6. The first-order chi connectivity index (χ1) is 21.9. The van der Waals surface area contributed by atoms with E-state index in [2.05, 4.69) is 58.1 Å². The molecular weight excluding hydrogens is 560 g/mol. The molecule has 0 saturated carbocycles. The van der Waals surface area contributed by atoms with Crippen molar-refractivity contribution < 1.29 is 18.7 Å². The van der Waals surface area contributed by atoms with Gasteiger partial charge in [-0.05, 0) is 72.1 Å². The summed E-state index contributed by atoms with van der Waals surface area (Å²) in [4.78, 5) is 13.5. The van der Waals surface area contributed by atoms with Gasteiger partial charge in [-0.15, -0.1) is 0 Å². The van der Waals surface area contributed by atoms with E-state index in [4.69, 9.17) is 4.74 Å². The van der Waals surface area contributed by atoms with E-state index in [-0.39, 0.29) is 30.1 Å². The van der Waals surface area contributed by atoms with Crippen LogP contribution in [-0.2, 0) is 9.53 Å². The first-order valence-electron chi connectivity index (χ1n) is 19.5. The Kier molecular flexibility index (Phi) is 11.2. The van der Waals surface area contributed by atoms with Crippen LogP contribution in [0.5, 0.6) is 0 Å². The Morgan fingerprint density at radius 2 is 1.31 bits per heavy atom. The van der Waals surface area contributed by atoms with Crippen LogP contribution in [0.1, 0.15) is 156 Å². The zero-order valence-electron chi connectivity index (χ0n) is 29.1. The first-order valence-corrected chi connectivity index (χ1v) is 19.5. The van der Waals surface area contributed by atoms with Gasteiger partial charge in [-0.3, -0.25) is 35.2 Å². The lowest BCUT2D eigenvalue weighted by Gasteiger charge is -2.38. The Hall–Kier alpha value is -1.99. The maximum Gasteiger partial charge on any atom is 0.346 e. The molecule has 8 nitrogen and oxygen atoms in total. The van der Waals surface area contributed by atoms with Gasteiger partial charge in [0.15, 0.2) is 0 Å². The minimum absolute atomic E-state index is 0.00382. The Morgan fingerprint density at radius 1 is 0.733 bits per heavy atom. The summed E-state index contributed by atoms with van der Waals surface area (Å²) in [6.45, 7) is 8.89. The maximum atomic E-state index is 13.5. The van der Waals surface area contributed by atoms with Crippen LogP contribution >= 0.6 is 0 Å². The molecule has 10 atom stereocenters. The van der Waals surface area contributed by atoms with Crippen molar-refractivity contribution in [2.24, 2.45) is 5.92 Å². The minimum Gasteiger partial charge on any atom is -0.462 e. The molecule has 2 saturated heterocycles. The smallest absolute Gasteiger partial charge is 0.346 e. The average Bonchev–Trinajstić information content (AvgIpc) is 3.61. The van der Waals surface area contributed by atoms with Crippen molar-refractivity contribution in [2.75, 3.05) is 0 Å². The van der Waals surface area contributed by atoms with Crippen LogP contribution in [0, 0.1) is 5.92 Å². The molecular formula is C37H66N6O2+2. The number of carbonyl (C=O) groups is 1. The van der Waals surface area contributed by atoms with Gasteiger partial charge in [-0.2, -0.15) is 0 Å². The molecule has 8 heteroatoms. The molecule has 0 unspecified atom stereocenters. The van der Waals surface area contributed by atoms with Gasteiger partial charge in [0, 0.05) is 19.3 Å². The highest BCUT2D eigenvalue weighted by molar-refractivity contribution is 5.81. The molecule has 0 amide bonds. The van der Waals surface area contributed by atoms with Crippen molar-refractivity contribution in [1.29, 1.82) is 0 Å². The van der Waals surface area contributed by atoms with Gasteiger partial charge in [0.25, 0.3) is 0 Å². The molecule has 0 aliphatic carbocycles. The standard InChI is InChI=1S/C37H64N6O2/c1-5-6-7-9-13-16-29-24-32-20-21-33-34(27(4)39-37(41-29)43(32)33)35(44)45-26(3)15-12-10-8-11-14-17-28-23-31-19-18-30-22-25(2)38-36(40-28)42(30)31/h25-34H,5-24H2,1-4H3,(H2,38,39,40,41)/p+2/t25-,26+,27-,28+,29+,30+,31-,32-,33-,34+/m0/s1. The van der Waals surface area contributed by atoms with Crippen LogP contribution in [0.15, 0.2) is 0 Å². The summed E-state index contributed by atoms with van der Waals surface area (Å²) in [5.74, 6) is 2.44. The molecule has 254 valence electrons. The second-order valence-corrected chi connectivity index (χ2v) is 15.9. The molecule has 4 N–H and O–H groups in total. The molecule has 2 fully saturated rings. The van der Waals surface area contributed by atoms with Gasteiger partial charge in [0.05, 0.1) is 54.4 Å². The molecule has 0 aromatic carbocycles. The van der Waals surface area contributed by atoms with Crippen LogP contribution < -0.4 is 21.3 Å². The van der Waals surface area contributed by atoms with Crippen molar-refractivity contribution in [3.05, 3.63) is 0 Å². The zero-order chi connectivity index (χ0) is 31.3. The van der Waals surface area contributed by atoms with Gasteiger partial charge >= 0.3 is 17.9 Å². The fourth-order valence-corrected chi connectivity index (χ4v) is 9.94. The third-order valence-corrected chi connectivity index (χ3v) is 12.2. The van der Waals surface area contributed by atoms with Crippen LogP contribution in [0.3, 0.4) is 0 Å². The summed E-state index contributed by atoms with van der Waals surface area (Å²) in [7, 11) is 0. The van der Waals surface area contributed by atoms with Crippen LogP contribution in [-0.4, -0.2) is 81.5 Å². The molecule has 0 radical (unpaired) electrons. The lowest BCUT2D eigenvalue weighted by Crippen LogP contribution is -2.66. The lowest BCUT2D eigenvalue weighted by molar-refractivity contribution is -0.598. The van der Waals surface area contributed by atoms with Crippen LogP contribution in [0.25, 0.3) is 0 Å². The van der Waals surface area contributed by atoms with Gasteiger partial charge in [0.1, 0.15) is 5.92 Å². The van der Waals surface area contributed by atoms with Crippen molar-refractivity contribution in [2.45, 2.75) is 211 Å². The van der Waals surface area contributed by atoms with Crippen molar-refractivity contribution in [1.82, 2.24) is 21.3 Å². The maximum absolute atomic E-state index is 13.5. The Morgan fingerprint density at radius 3 is 2.02 bits per heavy atom. The molecule has 6 aliphatic heterocycles. The molecule has 45 heavy (non-hydrogen) atoms. The van der Waals surface area contributed by atoms with Crippen molar-refractivity contribution in [3.8, 4) is 0 Å². The van der Waals surface area contributed by atoms with E-state index in [1.165, 1.54) is 121 Å². The number of hydrogen-bond donors (Lipinski definition) is 4. The predicted molar refractivity (Wildman–Crippen MR) is 182 cm³/mol. The van der Waals surface area contributed by atoms with E-state index in [9.17, 15) is 4.79 Å². The monoisotopic (exact) mass is 627 g/mol. The Bertz CT molecular complexity index is 1080. The number of nitrogens with zero attached hydrogens (tertiary/aromatic N) is 2. The van der Waals surface area contributed by atoms with Gasteiger partial charge in [0.2, 0.25) is 0 Å². The Balaban J connectivity index is 0.868. The fourth-order valence-electron chi connectivity index (χ4n) is 9.94. The minimum atomic E-state index is -0.0885. The number of nitrogens with one attached hydrogen (secondary N) is 4. The van der Waals surface area contributed by atoms with Crippen molar-refractivity contribution >= 4 is 17.9 Å². The highest BCUT2D eigenvalue weighted by Crippen LogP contribution is 2.35. The highest BCUT2D eigenvalue weighted by atomic mass is 16.5. The van der Waals surface area contributed by atoms with Gasteiger partial charge in [-0.1, -0.05) is 64.7 Å². The second kappa shape index (κ2) is 15.3. The Labute approximate surface area is 274 Å². The van der Waals surface area contributed by atoms with E-state index in [0.717, 1.165) is 31.3 Å². The fraction of sp³-hybridized carbons (Fsp3) is 0.919. The number of ether oxygens (including phenoxy) is 1. The summed E-state index contributed by atoms with van der Waals surface area (Å²) in [6.07, 6.45) is 25.3. The summed E-state index contributed by atoms with van der Waals surface area (Å²) >= 11 is 0. The molecule has 0 aromatic rings. The number of carbonyl (C=O) groups excluding carboxylic acids is 1. The van der Waals surface area contributed by atoms with Crippen LogP contribution in [0.4, 0.5) is 0 Å². The SMILES string of the molecule is CCCCCCC[C@@H]1C[C@@H]2CC[C@H]3[C@H](C(=O)O[C@H](C)CCCCCCC[C@@H]4C[C@@H]5CC[C@@H]6C[C@H](C)NC(=[N+]65)N4)[C@H](C)NC(=[N+]23)N1. The summed E-state index contributed by atoms with van der Waals surface area (Å²) in [5, 5.41) is 15.1. The van der Waals surface area contributed by atoms with E-state index in [1.807, 2.05) is 0 Å². The first kappa shape index (κ1) is 32.9. The molecule has 0 aromatic heterocycles. The molecule has 6 heterocycles. The predicted octanol–water partition coefficient (Wildman–Crippen LogP) is 5.52. The molecule has 0 spiro atoms. The summed E-state index contributed by atoms with van der Waals surface area (Å²) < 4.78 is 11.3. The summed E-state index contributed by atoms with van der Waals surface area (Å²) in [5.41, 5.74) is 0. The number of esters is 1. The third-order valence-electron chi connectivity index (χ3n) is 12.2. The van der Waals surface area contributed by atoms with E-state index < -0.39 is 0 Å². The number of rotatable bonds is 16. The van der Waals surface area contributed by atoms with Gasteiger partial charge < -0.3 is 4.74 Å². The van der Waals surface area contributed by atoms with Gasteiger partial charge in [-0.25, -0.2) is 0 Å². The largest absolute Gasteiger partial charge is 0.462 e. The normalized spacial score (nSPS) is 35.5. The molecule has 6 aliphatic rings.